The molecule has 134 valence electrons. The second-order valence-corrected chi connectivity index (χ2v) is 7.20. The third-order valence-electron chi connectivity index (χ3n) is 4.47. The molecule has 0 aliphatic heterocycles. The Labute approximate surface area is 153 Å². The average molecular weight is 373 g/mol. The molecule has 0 radical (unpaired) electrons. The molecular weight excluding hydrogens is 357 g/mol. The average Bonchev–Trinajstić information content (AvgIpc) is 3.05. The normalized spacial score (nSPS) is 19.5. The van der Waals surface area contributed by atoms with Crippen LogP contribution in [0.5, 0.6) is 0 Å². The Kier molecular flexibility index (Phi) is 5.28. The van der Waals surface area contributed by atoms with Crippen molar-refractivity contribution in [3.8, 4) is 17.3 Å². The molecule has 2 atom stereocenters. The molecule has 0 bridgehead atoms. The van der Waals surface area contributed by atoms with Crippen LogP contribution < -0.4 is 5.32 Å². The number of carboxylic acid groups (broad SMARTS) is 1. The van der Waals surface area contributed by atoms with Gasteiger partial charge >= 0.3 is 5.97 Å². The highest BCUT2D eigenvalue weighted by Crippen LogP contribution is 2.33. The van der Waals surface area contributed by atoms with Crippen molar-refractivity contribution in [2.75, 3.05) is 5.32 Å². The van der Waals surface area contributed by atoms with Gasteiger partial charge in [0.15, 0.2) is 5.13 Å². The predicted molar refractivity (Wildman–Crippen MR) is 93.9 cm³/mol. The van der Waals surface area contributed by atoms with E-state index in [4.69, 9.17) is 5.11 Å². The smallest absolute Gasteiger partial charge is 0.306 e. The first-order valence-electron chi connectivity index (χ1n) is 8.18. The SMILES string of the molecule is N#Cc1sc(NC(=O)[C@H]2CCC[C@H](C(=O)O)C2)nc1-c1ccc(F)cc1. The minimum atomic E-state index is -0.873. The molecule has 0 unspecified atom stereocenters. The molecule has 26 heavy (non-hydrogen) atoms. The zero-order valence-corrected chi connectivity index (χ0v) is 14.6. The van der Waals surface area contributed by atoms with Gasteiger partial charge < -0.3 is 10.4 Å². The topological polar surface area (TPSA) is 103 Å². The van der Waals surface area contributed by atoms with Crippen molar-refractivity contribution in [2.45, 2.75) is 25.7 Å². The Morgan fingerprint density at radius 1 is 1.27 bits per heavy atom. The third kappa shape index (κ3) is 3.89. The van der Waals surface area contributed by atoms with Crippen LogP contribution in [0.4, 0.5) is 9.52 Å². The molecule has 1 aromatic carbocycles. The van der Waals surface area contributed by atoms with Crippen molar-refractivity contribution in [3.05, 3.63) is 35.0 Å². The molecule has 6 nitrogen and oxygen atoms in total. The van der Waals surface area contributed by atoms with Crippen LogP contribution in [0.2, 0.25) is 0 Å². The van der Waals surface area contributed by atoms with E-state index in [1.807, 2.05) is 6.07 Å². The first-order valence-corrected chi connectivity index (χ1v) is 9.00. The van der Waals surface area contributed by atoms with Crippen LogP contribution in [0.3, 0.4) is 0 Å². The Bertz CT molecular complexity index is 873. The number of carbonyl (C=O) groups is 2. The minimum Gasteiger partial charge on any atom is -0.481 e. The largest absolute Gasteiger partial charge is 0.481 e. The fourth-order valence-electron chi connectivity index (χ4n) is 3.11. The number of benzene rings is 1. The van der Waals surface area contributed by atoms with Crippen molar-refractivity contribution in [1.82, 2.24) is 4.98 Å². The number of aliphatic carboxylic acids is 1. The van der Waals surface area contributed by atoms with E-state index in [0.29, 0.717) is 41.8 Å². The number of carbonyl (C=O) groups excluding carboxylic acids is 1. The van der Waals surface area contributed by atoms with Crippen LogP contribution in [-0.2, 0) is 9.59 Å². The molecule has 1 aliphatic carbocycles. The molecule has 1 fully saturated rings. The molecule has 1 aliphatic rings. The molecule has 2 aromatic rings. The third-order valence-corrected chi connectivity index (χ3v) is 5.35. The van der Waals surface area contributed by atoms with Gasteiger partial charge in [-0.15, -0.1) is 0 Å². The van der Waals surface area contributed by atoms with Gasteiger partial charge in [0.05, 0.1) is 5.92 Å². The Hall–Kier alpha value is -2.79. The van der Waals surface area contributed by atoms with Crippen LogP contribution in [-0.4, -0.2) is 22.0 Å². The van der Waals surface area contributed by atoms with Crippen molar-refractivity contribution < 1.29 is 19.1 Å². The second-order valence-electron chi connectivity index (χ2n) is 6.20. The number of hydrogen-bond acceptors (Lipinski definition) is 5. The molecule has 8 heteroatoms. The summed E-state index contributed by atoms with van der Waals surface area (Å²) < 4.78 is 13.1. The number of anilines is 1. The lowest BCUT2D eigenvalue weighted by Crippen LogP contribution is -2.30. The van der Waals surface area contributed by atoms with Crippen LogP contribution in [0.15, 0.2) is 24.3 Å². The summed E-state index contributed by atoms with van der Waals surface area (Å²) in [5.74, 6) is -2.42. The van der Waals surface area contributed by atoms with Gasteiger partial charge in [-0.1, -0.05) is 17.8 Å². The van der Waals surface area contributed by atoms with Gasteiger partial charge in [-0.3, -0.25) is 9.59 Å². The molecular formula is C18H16FN3O3S. The number of nitriles is 1. The fourth-order valence-corrected chi connectivity index (χ4v) is 3.90. The van der Waals surface area contributed by atoms with Crippen molar-refractivity contribution >= 4 is 28.3 Å². The number of rotatable bonds is 4. The van der Waals surface area contributed by atoms with E-state index in [0.717, 1.165) is 11.3 Å². The number of aromatic nitrogens is 1. The van der Waals surface area contributed by atoms with Crippen LogP contribution in [0.1, 0.15) is 30.6 Å². The van der Waals surface area contributed by atoms with Crippen LogP contribution in [0, 0.1) is 29.0 Å². The highest BCUT2D eigenvalue weighted by molar-refractivity contribution is 7.16. The summed E-state index contributed by atoms with van der Waals surface area (Å²) in [6, 6.07) is 7.64. The zero-order valence-electron chi connectivity index (χ0n) is 13.7. The lowest BCUT2D eigenvalue weighted by atomic mass is 9.81. The Morgan fingerprint density at radius 3 is 2.62 bits per heavy atom. The molecule has 1 amide bonds. The van der Waals surface area contributed by atoms with E-state index >= 15 is 0 Å². The number of amides is 1. The summed E-state index contributed by atoms with van der Waals surface area (Å²) >= 11 is 1.04. The van der Waals surface area contributed by atoms with Gasteiger partial charge in [0, 0.05) is 11.5 Å². The maximum Gasteiger partial charge on any atom is 0.306 e. The number of hydrogen-bond donors (Lipinski definition) is 2. The molecule has 1 saturated carbocycles. The number of halogens is 1. The maximum atomic E-state index is 13.1. The van der Waals surface area contributed by atoms with Gasteiger partial charge in [-0.25, -0.2) is 9.37 Å². The highest BCUT2D eigenvalue weighted by atomic mass is 32.1. The molecule has 3 rings (SSSR count). The summed E-state index contributed by atoms with van der Waals surface area (Å²) in [6.45, 7) is 0. The highest BCUT2D eigenvalue weighted by Gasteiger charge is 2.31. The first kappa shape index (κ1) is 18.0. The molecule has 0 spiro atoms. The number of nitrogens with one attached hydrogen (secondary N) is 1. The Morgan fingerprint density at radius 2 is 1.96 bits per heavy atom. The van der Waals surface area contributed by atoms with Gasteiger partial charge in [-0.2, -0.15) is 5.26 Å². The Balaban J connectivity index is 1.76. The summed E-state index contributed by atoms with van der Waals surface area (Å²) in [5, 5.41) is 21.4. The number of thiazole rings is 1. The van der Waals surface area contributed by atoms with Gasteiger partial charge in [0.25, 0.3) is 0 Å². The lowest BCUT2D eigenvalue weighted by Gasteiger charge is -2.25. The number of nitrogens with zero attached hydrogens (tertiary/aromatic N) is 2. The van der Waals surface area contributed by atoms with Crippen molar-refractivity contribution in [1.29, 1.82) is 5.26 Å². The van der Waals surface area contributed by atoms with E-state index in [1.54, 1.807) is 0 Å². The summed E-state index contributed by atoms with van der Waals surface area (Å²) in [4.78, 5) is 28.2. The minimum absolute atomic E-state index is 0.278. The van der Waals surface area contributed by atoms with E-state index in [2.05, 4.69) is 10.3 Å². The molecule has 1 heterocycles. The quantitative estimate of drug-likeness (QED) is 0.851. The molecule has 0 saturated heterocycles. The summed E-state index contributed by atoms with van der Waals surface area (Å²) in [5.41, 5.74) is 0.975. The fraction of sp³-hybridized carbons (Fsp3) is 0.333. The monoisotopic (exact) mass is 373 g/mol. The summed E-state index contributed by atoms with van der Waals surface area (Å²) in [7, 11) is 0. The summed E-state index contributed by atoms with van der Waals surface area (Å²) in [6.07, 6.45) is 2.22. The van der Waals surface area contributed by atoms with Crippen LogP contribution >= 0.6 is 11.3 Å². The van der Waals surface area contributed by atoms with E-state index in [-0.39, 0.29) is 22.8 Å². The van der Waals surface area contributed by atoms with Gasteiger partial charge in [0.2, 0.25) is 5.91 Å². The van der Waals surface area contributed by atoms with Gasteiger partial charge in [-0.05, 0) is 43.5 Å². The van der Waals surface area contributed by atoms with Crippen molar-refractivity contribution in [2.24, 2.45) is 11.8 Å². The van der Waals surface area contributed by atoms with Crippen molar-refractivity contribution in [3.63, 3.8) is 0 Å². The van der Waals surface area contributed by atoms with Crippen LogP contribution in [0.25, 0.3) is 11.3 Å². The van der Waals surface area contributed by atoms with E-state index in [9.17, 15) is 19.2 Å². The lowest BCUT2D eigenvalue weighted by molar-refractivity contribution is -0.143. The zero-order chi connectivity index (χ0) is 18.7. The first-order chi connectivity index (χ1) is 12.5. The van der Waals surface area contributed by atoms with E-state index in [1.165, 1.54) is 24.3 Å². The van der Waals surface area contributed by atoms with Gasteiger partial charge in [0.1, 0.15) is 22.5 Å². The number of carboxylic acids is 1. The predicted octanol–water partition coefficient (Wildman–Crippen LogP) is 3.65. The molecule has 1 aromatic heterocycles. The maximum absolute atomic E-state index is 13.1. The molecule has 2 N–H and O–H groups in total. The second kappa shape index (κ2) is 7.62. The standard InChI is InChI=1S/C18H16FN3O3S/c19-13-6-4-10(5-7-13)15-14(9-20)26-18(21-15)22-16(23)11-2-1-3-12(8-11)17(24)25/h4-7,11-12H,1-3,8H2,(H,24,25)(H,21,22,23)/t11-,12-/m0/s1. The van der Waals surface area contributed by atoms with E-state index < -0.39 is 11.9 Å².